The van der Waals surface area contributed by atoms with E-state index < -0.39 is 49.2 Å². The van der Waals surface area contributed by atoms with Crippen LogP contribution in [0.4, 0.5) is 0 Å². The van der Waals surface area contributed by atoms with Crippen molar-refractivity contribution in [2.45, 2.75) is 24.5 Å². The highest BCUT2D eigenvalue weighted by Gasteiger charge is 2.44. The van der Waals surface area contributed by atoms with E-state index in [1.807, 2.05) is 0 Å². The number of carboxylic acids is 3. The van der Waals surface area contributed by atoms with E-state index >= 15 is 0 Å². The molecule has 0 aromatic rings. The lowest BCUT2D eigenvalue weighted by Gasteiger charge is -2.27. The maximum absolute atomic E-state index is 11.0. The van der Waals surface area contributed by atoms with Crippen molar-refractivity contribution in [1.82, 2.24) is 5.32 Å². The molecule has 0 aliphatic carbocycles. The molecule has 0 saturated heterocycles. The highest BCUT2D eigenvalue weighted by molar-refractivity contribution is 5.88. The number of ether oxygens (including phenoxy) is 1. The van der Waals surface area contributed by atoms with Gasteiger partial charge < -0.3 is 35.4 Å². The van der Waals surface area contributed by atoms with E-state index in [1.165, 1.54) is 5.32 Å². The van der Waals surface area contributed by atoms with Gasteiger partial charge in [-0.25, -0.2) is 10.1 Å². The van der Waals surface area contributed by atoms with Gasteiger partial charge in [-0.1, -0.05) is 0 Å². The van der Waals surface area contributed by atoms with Crippen LogP contribution in [0, 0.1) is 0 Å². The third-order valence-corrected chi connectivity index (χ3v) is 1.92. The minimum absolute atomic E-state index is 1.02. The predicted molar refractivity (Wildman–Crippen MR) is 53.3 cm³/mol. The molecule has 0 heterocycles. The lowest BCUT2D eigenvalue weighted by Crippen LogP contribution is -2.51. The Morgan fingerprint density at radius 2 is 1.37 bits per heavy atom. The summed E-state index contributed by atoms with van der Waals surface area (Å²) in [6, 6.07) is 0. The first kappa shape index (κ1) is 17.2. The average Bonchev–Trinajstić information content (AvgIpc) is 2.12. The fraction of sp³-hybridized carbons (Fsp3) is 0.625. The Bertz CT molecular complexity index is 343. The number of aliphatic carboxylic acids is 3. The molecule has 19 heavy (non-hydrogen) atoms. The second kappa shape index (κ2) is 6.40. The second-order valence-corrected chi connectivity index (χ2v) is 3.54. The Morgan fingerprint density at radius 1 is 0.947 bits per heavy atom. The molecule has 0 atom stereocenters. The maximum atomic E-state index is 11.0. The number of hydrogen-bond acceptors (Lipinski definition) is 8. The van der Waals surface area contributed by atoms with Crippen LogP contribution in [0.5, 0.6) is 0 Å². The molecule has 0 radical (unpaired) electrons. The smallest absolute Gasteiger partial charge is 0.344 e. The van der Waals surface area contributed by atoms with Crippen LogP contribution in [-0.2, 0) is 19.1 Å². The first-order valence-corrected chi connectivity index (χ1v) is 4.71. The molecule has 0 fully saturated rings. The zero-order valence-electron chi connectivity index (χ0n) is 9.44. The summed E-state index contributed by atoms with van der Waals surface area (Å²) >= 11 is 0. The van der Waals surface area contributed by atoms with E-state index in [9.17, 15) is 14.4 Å². The minimum atomic E-state index is -3.38. The van der Waals surface area contributed by atoms with Crippen LogP contribution in [0.2, 0.25) is 0 Å². The zero-order chi connectivity index (χ0) is 15.3. The molecule has 0 spiro atoms. The summed E-state index contributed by atoms with van der Waals surface area (Å²) in [5.74, 6) is -5.13. The third kappa shape index (κ3) is 6.64. The van der Waals surface area contributed by atoms with Crippen molar-refractivity contribution >= 4 is 17.9 Å². The van der Waals surface area contributed by atoms with Gasteiger partial charge in [0, 0.05) is 0 Å². The van der Waals surface area contributed by atoms with E-state index in [0.29, 0.717) is 0 Å². The molecule has 0 aliphatic rings. The van der Waals surface area contributed by atoms with Gasteiger partial charge in [-0.3, -0.25) is 9.59 Å². The standard InChI is InChI=1S/C8H13NO10/c10-4(11)1-7(6(14)15,2-5(12)13)19-3-9-8(16,17)18/h9,16-18H,1-3H2,(H,10,11)(H,12,13)(H,14,15). The molecule has 0 aromatic heterocycles. The minimum Gasteiger partial charge on any atom is -0.481 e. The largest absolute Gasteiger partial charge is 0.481 e. The van der Waals surface area contributed by atoms with Crippen LogP contribution in [-0.4, -0.2) is 67.0 Å². The van der Waals surface area contributed by atoms with E-state index in [4.69, 9.17) is 30.6 Å². The van der Waals surface area contributed by atoms with Gasteiger partial charge in [0.25, 0.3) is 0 Å². The first-order valence-electron chi connectivity index (χ1n) is 4.71. The molecule has 0 bridgehead atoms. The van der Waals surface area contributed by atoms with E-state index in [1.54, 1.807) is 0 Å². The van der Waals surface area contributed by atoms with Crippen molar-refractivity contribution in [2.24, 2.45) is 0 Å². The van der Waals surface area contributed by atoms with Crippen LogP contribution >= 0.6 is 0 Å². The van der Waals surface area contributed by atoms with Gasteiger partial charge >= 0.3 is 24.0 Å². The van der Waals surface area contributed by atoms with Crippen LogP contribution in [0.15, 0.2) is 0 Å². The summed E-state index contributed by atoms with van der Waals surface area (Å²) in [5.41, 5.74) is -2.62. The quantitative estimate of drug-likeness (QED) is 0.212. The first-order chi connectivity index (χ1) is 8.48. The molecule has 0 amide bonds. The molecule has 0 aromatic carbocycles. The molecule has 0 unspecified atom stereocenters. The van der Waals surface area contributed by atoms with Crippen LogP contribution in [0.25, 0.3) is 0 Å². The van der Waals surface area contributed by atoms with Gasteiger partial charge in [-0.05, 0) is 0 Å². The van der Waals surface area contributed by atoms with Crippen molar-refractivity contribution in [1.29, 1.82) is 0 Å². The summed E-state index contributed by atoms with van der Waals surface area (Å²) in [6.45, 7) is -1.02. The Morgan fingerprint density at radius 3 is 1.63 bits per heavy atom. The fourth-order valence-electron chi connectivity index (χ4n) is 1.14. The third-order valence-electron chi connectivity index (χ3n) is 1.92. The molecular weight excluding hydrogens is 270 g/mol. The lowest BCUT2D eigenvalue weighted by atomic mass is 9.95. The van der Waals surface area contributed by atoms with Gasteiger partial charge in [0.1, 0.15) is 6.73 Å². The normalized spacial score (nSPS) is 12.2. The summed E-state index contributed by atoms with van der Waals surface area (Å²) < 4.78 is 4.54. The Hall–Kier alpha value is -1.79. The second-order valence-electron chi connectivity index (χ2n) is 3.54. The van der Waals surface area contributed by atoms with E-state index in [0.717, 1.165) is 0 Å². The number of aliphatic hydroxyl groups is 3. The van der Waals surface area contributed by atoms with E-state index in [2.05, 4.69) is 4.74 Å². The summed E-state index contributed by atoms with van der Waals surface area (Å²) in [6.07, 6.45) is -5.73. The summed E-state index contributed by atoms with van der Waals surface area (Å²) in [4.78, 5) is 32.1. The van der Waals surface area contributed by atoms with Gasteiger partial charge in [0.15, 0.2) is 5.60 Å². The lowest BCUT2D eigenvalue weighted by molar-refractivity contribution is -0.339. The highest BCUT2D eigenvalue weighted by atomic mass is 16.7. The van der Waals surface area contributed by atoms with Gasteiger partial charge in [-0.2, -0.15) is 0 Å². The van der Waals surface area contributed by atoms with Crippen LogP contribution in [0.1, 0.15) is 12.8 Å². The zero-order valence-corrected chi connectivity index (χ0v) is 9.44. The van der Waals surface area contributed by atoms with Gasteiger partial charge in [0.2, 0.25) is 0 Å². The number of carbonyl (C=O) groups is 3. The molecule has 7 N–H and O–H groups in total. The molecule has 110 valence electrons. The van der Waals surface area contributed by atoms with Crippen molar-refractivity contribution in [3.05, 3.63) is 0 Å². The number of nitrogens with one attached hydrogen (secondary N) is 1. The number of carboxylic acid groups (broad SMARTS) is 3. The Kier molecular flexibility index (Phi) is 5.80. The van der Waals surface area contributed by atoms with Gasteiger partial charge in [0.05, 0.1) is 12.8 Å². The molecule has 11 heteroatoms. The topological polar surface area (TPSA) is 194 Å². The Labute approximate surface area is 105 Å². The van der Waals surface area contributed by atoms with Crippen molar-refractivity contribution < 1.29 is 49.8 Å². The van der Waals surface area contributed by atoms with Crippen molar-refractivity contribution in [2.75, 3.05) is 6.73 Å². The monoisotopic (exact) mass is 283 g/mol. The maximum Gasteiger partial charge on any atom is 0.344 e. The van der Waals surface area contributed by atoms with Gasteiger partial charge in [-0.15, -0.1) is 0 Å². The molecule has 11 nitrogen and oxygen atoms in total. The fourth-order valence-corrected chi connectivity index (χ4v) is 1.14. The molecule has 0 aliphatic heterocycles. The Balaban J connectivity index is 4.95. The van der Waals surface area contributed by atoms with Crippen LogP contribution < -0.4 is 5.32 Å². The number of rotatable bonds is 9. The van der Waals surface area contributed by atoms with E-state index in [-0.39, 0.29) is 0 Å². The van der Waals surface area contributed by atoms with Crippen LogP contribution in [0.3, 0.4) is 0 Å². The SMILES string of the molecule is O=C(O)CC(CC(=O)O)(OCNC(O)(O)O)C(=O)O. The number of hydrogen-bond donors (Lipinski definition) is 7. The molecule has 0 saturated carbocycles. The molecule has 0 rings (SSSR count). The molecular formula is C8H13NO10. The summed E-state index contributed by atoms with van der Waals surface area (Å²) in [5, 5.41) is 52.9. The average molecular weight is 283 g/mol. The highest BCUT2D eigenvalue weighted by Crippen LogP contribution is 2.21. The predicted octanol–water partition coefficient (Wildman–Crippen LogP) is -3.09. The summed E-state index contributed by atoms with van der Waals surface area (Å²) in [7, 11) is 0. The van der Waals surface area contributed by atoms with Crippen molar-refractivity contribution in [3.8, 4) is 0 Å². The van der Waals surface area contributed by atoms with Crippen molar-refractivity contribution in [3.63, 3.8) is 0 Å².